The van der Waals surface area contributed by atoms with Crippen LogP contribution in [0.1, 0.15) is 28.6 Å². The predicted octanol–water partition coefficient (Wildman–Crippen LogP) is 0.845. The fourth-order valence-corrected chi connectivity index (χ4v) is 5.21. The SMILES string of the molecule is CN1CCc2cnccc2C1.CN1CCc2nncn2C1.CN1CCn2ccnc2C1.CN1CCn2cnnc2C1. The van der Waals surface area contributed by atoms with Crippen LogP contribution in [0, 0.1) is 0 Å². The Morgan fingerprint density at radius 2 is 1.27 bits per heavy atom. The molecule has 0 radical (unpaired) electrons. The lowest BCUT2D eigenvalue weighted by Crippen LogP contribution is -2.30. The van der Waals surface area contributed by atoms with Gasteiger partial charge in [0.2, 0.25) is 0 Å². The maximum Gasteiger partial charge on any atom is 0.147 e. The summed E-state index contributed by atoms with van der Waals surface area (Å²) < 4.78 is 6.38. The minimum atomic E-state index is 0.931. The van der Waals surface area contributed by atoms with E-state index in [0.717, 1.165) is 83.5 Å². The number of fused-ring (bicyclic) bond motifs is 4. The summed E-state index contributed by atoms with van der Waals surface area (Å²) in [6.07, 6.45) is 13.5. The van der Waals surface area contributed by atoms with E-state index in [0.29, 0.717) is 0 Å². The second-order valence-electron chi connectivity index (χ2n) is 11.3. The Balaban J connectivity index is 0.000000110. The van der Waals surface area contributed by atoms with Crippen LogP contribution in [0.5, 0.6) is 0 Å². The van der Waals surface area contributed by atoms with Crippen LogP contribution in [-0.4, -0.2) is 118 Å². The van der Waals surface area contributed by atoms with E-state index in [4.69, 9.17) is 0 Å². The van der Waals surface area contributed by atoms with Gasteiger partial charge in [-0.25, -0.2) is 4.98 Å². The fourth-order valence-electron chi connectivity index (χ4n) is 5.21. The minimum Gasteiger partial charge on any atom is -0.333 e. The van der Waals surface area contributed by atoms with Gasteiger partial charge in [-0.2, -0.15) is 0 Å². The number of rotatable bonds is 0. The van der Waals surface area contributed by atoms with Gasteiger partial charge in [0.1, 0.15) is 30.1 Å². The van der Waals surface area contributed by atoms with Gasteiger partial charge in [-0.15, -0.1) is 20.4 Å². The quantitative estimate of drug-likeness (QED) is 0.307. The smallest absolute Gasteiger partial charge is 0.147 e. The van der Waals surface area contributed by atoms with Gasteiger partial charge in [0, 0.05) is 77.0 Å². The lowest BCUT2D eigenvalue weighted by atomic mass is 10.0. The van der Waals surface area contributed by atoms with Crippen LogP contribution >= 0.6 is 0 Å². The van der Waals surface area contributed by atoms with Crippen molar-refractivity contribution in [2.75, 3.05) is 54.4 Å². The largest absolute Gasteiger partial charge is 0.333 e. The van der Waals surface area contributed by atoms with Gasteiger partial charge < -0.3 is 18.6 Å². The second-order valence-corrected chi connectivity index (χ2v) is 11.3. The zero-order valence-electron chi connectivity index (χ0n) is 24.8. The molecule has 0 aliphatic carbocycles. The highest BCUT2D eigenvalue weighted by Crippen LogP contribution is 2.15. The van der Waals surface area contributed by atoms with Gasteiger partial charge in [-0.1, -0.05) is 0 Å². The summed E-state index contributed by atoms with van der Waals surface area (Å²) in [5, 5.41) is 15.6. The van der Waals surface area contributed by atoms with Gasteiger partial charge in [-0.05, 0) is 51.8 Å². The second kappa shape index (κ2) is 13.9. The van der Waals surface area contributed by atoms with Crippen molar-refractivity contribution in [1.82, 2.24) is 63.7 Å². The molecule has 4 aliphatic rings. The molecule has 0 amide bonds. The monoisotopic (exact) mass is 561 g/mol. The van der Waals surface area contributed by atoms with Crippen molar-refractivity contribution in [3.05, 3.63) is 72.1 Å². The van der Waals surface area contributed by atoms with Crippen LogP contribution in [0.3, 0.4) is 0 Å². The first-order valence-corrected chi connectivity index (χ1v) is 14.3. The summed E-state index contributed by atoms with van der Waals surface area (Å²) in [6, 6.07) is 2.12. The van der Waals surface area contributed by atoms with E-state index < -0.39 is 0 Å². The molecule has 8 heterocycles. The van der Waals surface area contributed by atoms with E-state index >= 15 is 0 Å². The molecule has 4 aromatic heterocycles. The first-order chi connectivity index (χ1) is 19.9. The fraction of sp³-hybridized carbons (Fsp3) is 0.571. The Morgan fingerprint density at radius 3 is 2.10 bits per heavy atom. The van der Waals surface area contributed by atoms with Crippen molar-refractivity contribution in [3.63, 3.8) is 0 Å². The molecule has 0 fully saturated rings. The first-order valence-electron chi connectivity index (χ1n) is 14.3. The van der Waals surface area contributed by atoms with Crippen LogP contribution in [0.4, 0.5) is 0 Å². The van der Waals surface area contributed by atoms with E-state index in [2.05, 4.69) is 97.9 Å². The molecule has 0 spiro atoms. The van der Waals surface area contributed by atoms with E-state index in [1.807, 2.05) is 24.8 Å². The van der Waals surface area contributed by atoms with Crippen molar-refractivity contribution in [1.29, 1.82) is 0 Å². The zero-order chi connectivity index (χ0) is 28.6. The van der Waals surface area contributed by atoms with Crippen LogP contribution in [-0.2, 0) is 52.2 Å². The Hall–Kier alpha value is -3.52. The topological polar surface area (TPSA) is 105 Å². The van der Waals surface area contributed by atoms with E-state index in [1.54, 1.807) is 12.7 Å². The third-order valence-corrected chi connectivity index (χ3v) is 7.78. The first kappa shape index (κ1) is 29.0. The van der Waals surface area contributed by atoms with Crippen LogP contribution in [0.2, 0.25) is 0 Å². The predicted molar refractivity (Wildman–Crippen MR) is 156 cm³/mol. The molecule has 4 aromatic rings. The summed E-state index contributed by atoms with van der Waals surface area (Å²) >= 11 is 0. The van der Waals surface area contributed by atoms with Crippen LogP contribution in [0.15, 0.2) is 43.5 Å². The highest BCUT2D eigenvalue weighted by atomic mass is 15.3. The molecule has 220 valence electrons. The molecule has 13 nitrogen and oxygen atoms in total. The number of pyridine rings is 1. The van der Waals surface area contributed by atoms with Crippen molar-refractivity contribution in [3.8, 4) is 0 Å². The third-order valence-electron chi connectivity index (χ3n) is 7.78. The summed E-state index contributed by atoms with van der Waals surface area (Å²) in [4.78, 5) is 17.4. The molecule has 0 saturated carbocycles. The summed E-state index contributed by atoms with van der Waals surface area (Å²) in [5.41, 5.74) is 2.86. The number of hydrogen-bond acceptors (Lipinski definition) is 10. The molecule has 0 saturated heterocycles. The van der Waals surface area contributed by atoms with E-state index in [1.165, 1.54) is 23.5 Å². The highest BCUT2D eigenvalue weighted by molar-refractivity contribution is 5.25. The Bertz CT molecular complexity index is 1240. The molecule has 8 rings (SSSR count). The third kappa shape index (κ3) is 8.03. The zero-order valence-corrected chi connectivity index (χ0v) is 24.8. The Morgan fingerprint density at radius 1 is 0.585 bits per heavy atom. The molecule has 0 bridgehead atoms. The number of aromatic nitrogens is 9. The average Bonchev–Trinajstić information content (AvgIpc) is 3.74. The molecular weight excluding hydrogens is 518 g/mol. The number of likely N-dealkylation sites (N-methyl/N-ethyl adjacent to an activating group) is 4. The van der Waals surface area contributed by atoms with Crippen LogP contribution < -0.4 is 0 Å². The molecule has 0 atom stereocenters. The van der Waals surface area contributed by atoms with Crippen molar-refractivity contribution in [2.45, 2.75) is 52.2 Å². The molecule has 41 heavy (non-hydrogen) atoms. The van der Waals surface area contributed by atoms with E-state index in [9.17, 15) is 0 Å². The van der Waals surface area contributed by atoms with Gasteiger partial charge in [0.05, 0.1) is 19.8 Å². The van der Waals surface area contributed by atoms with Gasteiger partial charge in [0.25, 0.3) is 0 Å². The van der Waals surface area contributed by atoms with Crippen LogP contribution in [0.25, 0.3) is 0 Å². The molecule has 0 aromatic carbocycles. The van der Waals surface area contributed by atoms with Crippen molar-refractivity contribution < 1.29 is 0 Å². The summed E-state index contributed by atoms with van der Waals surface area (Å²) in [5.74, 6) is 3.38. The lowest BCUT2D eigenvalue weighted by Gasteiger charge is -2.23. The molecule has 13 heteroatoms. The summed E-state index contributed by atoms with van der Waals surface area (Å²) in [6.45, 7) is 10.6. The lowest BCUT2D eigenvalue weighted by molar-refractivity contribution is 0.237. The normalized spacial score (nSPS) is 18.6. The summed E-state index contributed by atoms with van der Waals surface area (Å²) in [7, 11) is 8.47. The molecule has 0 N–H and O–H groups in total. The Labute approximate surface area is 242 Å². The Kier molecular flexibility index (Phi) is 9.83. The number of imidazole rings is 1. The maximum atomic E-state index is 4.23. The molecular formula is C28H43N13. The van der Waals surface area contributed by atoms with Gasteiger partial charge >= 0.3 is 0 Å². The highest BCUT2D eigenvalue weighted by Gasteiger charge is 2.14. The molecule has 4 aliphatic heterocycles. The van der Waals surface area contributed by atoms with Gasteiger partial charge in [0.15, 0.2) is 0 Å². The standard InChI is InChI=1S/C9H12N2.C7H11N3.2C6H10N4/c1-11-5-3-8-6-10-4-2-9(8)7-11;1-9-4-5-10-3-2-8-7(10)6-9;1-9-2-3-10-5-7-8-6(10)4-9;1-9-3-2-6-8-7-4-10(6)5-9/h2,4,6H,3,5,7H2,1H3;2-3H,4-6H2,1H3;5H,2-4H2,1H3;4H,2-3,5H2,1H3. The minimum absolute atomic E-state index is 0.931. The van der Waals surface area contributed by atoms with Crippen molar-refractivity contribution in [2.24, 2.45) is 0 Å². The number of nitrogens with zero attached hydrogens (tertiary/aromatic N) is 13. The molecule has 0 unspecified atom stereocenters. The van der Waals surface area contributed by atoms with Crippen molar-refractivity contribution >= 4 is 0 Å². The average molecular weight is 562 g/mol. The maximum absolute atomic E-state index is 4.23. The number of hydrogen-bond donors (Lipinski definition) is 0. The van der Waals surface area contributed by atoms with Gasteiger partial charge in [-0.3, -0.25) is 19.7 Å². The van der Waals surface area contributed by atoms with E-state index in [-0.39, 0.29) is 0 Å².